The van der Waals surface area contributed by atoms with Crippen molar-refractivity contribution in [3.63, 3.8) is 0 Å². The van der Waals surface area contributed by atoms with Crippen LogP contribution in [0.5, 0.6) is 0 Å². The van der Waals surface area contributed by atoms with Crippen molar-refractivity contribution in [1.29, 1.82) is 0 Å². The second-order valence-corrected chi connectivity index (χ2v) is 6.09. The Morgan fingerprint density at radius 2 is 1.88 bits per heavy atom. The summed E-state index contributed by atoms with van der Waals surface area (Å²) < 4.78 is 5.26. The van der Waals surface area contributed by atoms with Crippen molar-refractivity contribution in [2.75, 3.05) is 19.8 Å². The highest BCUT2D eigenvalue weighted by molar-refractivity contribution is 5.86. The van der Waals surface area contributed by atoms with Gasteiger partial charge in [-0.15, -0.1) is 0 Å². The van der Waals surface area contributed by atoms with E-state index in [0.717, 1.165) is 12.5 Å². The van der Waals surface area contributed by atoms with Crippen LogP contribution >= 0.6 is 0 Å². The molecule has 4 heteroatoms. The Bertz CT molecular complexity index is 315. The maximum Gasteiger partial charge on any atom is 0.240 e. The first-order chi connectivity index (χ1) is 8.15. The lowest BCUT2D eigenvalue weighted by atomic mass is 9.90. The maximum absolute atomic E-state index is 12.1. The lowest BCUT2D eigenvalue weighted by Gasteiger charge is -2.32. The Morgan fingerprint density at radius 1 is 1.24 bits per heavy atom. The van der Waals surface area contributed by atoms with Crippen molar-refractivity contribution in [2.24, 2.45) is 17.1 Å². The molecule has 0 atom stereocenters. The van der Waals surface area contributed by atoms with Gasteiger partial charge in [0.15, 0.2) is 0 Å². The van der Waals surface area contributed by atoms with Crippen molar-refractivity contribution in [3.05, 3.63) is 0 Å². The molecule has 2 aliphatic carbocycles. The zero-order chi connectivity index (χ0) is 11.9. The molecule has 0 aromatic carbocycles. The van der Waals surface area contributed by atoms with Crippen LogP contribution in [0, 0.1) is 11.3 Å². The number of carbonyl (C=O) groups is 1. The lowest BCUT2D eigenvalue weighted by Crippen LogP contribution is -2.57. The molecule has 1 amide bonds. The fourth-order valence-corrected chi connectivity index (χ4v) is 2.98. The molecule has 4 nitrogen and oxygen atoms in total. The fraction of sp³-hybridized carbons (Fsp3) is 0.923. The summed E-state index contributed by atoms with van der Waals surface area (Å²) in [6.07, 6.45) is 6.59. The minimum Gasteiger partial charge on any atom is -0.381 e. The standard InChI is InChI=1S/C13H22N2O2/c14-13(5-7-17-8-6-13)11(16)15-9-12(3-4-12)10-1-2-10/h10H,1-9,14H2,(H,15,16). The Morgan fingerprint density at radius 3 is 2.41 bits per heavy atom. The maximum atomic E-state index is 12.1. The Hall–Kier alpha value is -0.610. The van der Waals surface area contributed by atoms with Gasteiger partial charge >= 0.3 is 0 Å². The van der Waals surface area contributed by atoms with Crippen LogP contribution < -0.4 is 11.1 Å². The molecule has 1 aliphatic heterocycles. The zero-order valence-electron chi connectivity index (χ0n) is 10.3. The average molecular weight is 238 g/mol. The van der Waals surface area contributed by atoms with E-state index in [1.807, 2.05) is 0 Å². The van der Waals surface area contributed by atoms with E-state index in [0.29, 0.717) is 31.5 Å². The van der Waals surface area contributed by atoms with Crippen LogP contribution in [0.1, 0.15) is 38.5 Å². The highest BCUT2D eigenvalue weighted by Gasteiger charge is 2.54. The molecule has 0 bridgehead atoms. The lowest BCUT2D eigenvalue weighted by molar-refractivity contribution is -0.130. The Kier molecular flexibility index (Phi) is 2.67. The predicted octanol–water partition coefficient (Wildman–Crippen LogP) is 0.801. The van der Waals surface area contributed by atoms with E-state index in [2.05, 4.69) is 5.32 Å². The third kappa shape index (κ3) is 2.20. The highest BCUT2D eigenvalue weighted by Crippen LogP contribution is 2.60. The van der Waals surface area contributed by atoms with E-state index in [9.17, 15) is 4.79 Å². The number of hydrogen-bond acceptors (Lipinski definition) is 3. The smallest absolute Gasteiger partial charge is 0.240 e. The van der Waals surface area contributed by atoms with Gasteiger partial charge in [0.1, 0.15) is 0 Å². The van der Waals surface area contributed by atoms with Gasteiger partial charge in [-0.2, -0.15) is 0 Å². The molecule has 96 valence electrons. The fourth-order valence-electron chi connectivity index (χ4n) is 2.98. The molecule has 3 rings (SSSR count). The van der Waals surface area contributed by atoms with Crippen molar-refractivity contribution in [3.8, 4) is 0 Å². The van der Waals surface area contributed by atoms with Crippen molar-refractivity contribution < 1.29 is 9.53 Å². The molecule has 1 heterocycles. The first kappa shape index (κ1) is 11.5. The van der Waals surface area contributed by atoms with Gasteiger partial charge in [0.25, 0.3) is 0 Å². The summed E-state index contributed by atoms with van der Waals surface area (Å²) in [5, 5.41) is 3.10. The second-order valence-electron chi connectivity index (χ2n) is 6.09. The third-order valence-corrected chi connectivity index (χ3v) is 4.77. The summed E-state index contributed by atoms with van der Waals surface area (Å²) in [5.41, 5.74) is 5.92. The average Bonchev–Trinajstić information content (AvgIpc) is 3.17. The first-order valence-corrected chi connectivity index (χ1v) is 6.80. The number of nitrogens with two attached hydrogens (primary N) is 1. The summed E-state index contributed by atoms with van der Waals surface area (Å²) in [4.78, 5) is 12.1. The van der Waals surface area contributed by atoms with Gasteiger partial charge in [0.05, 0.1) is 5.54 Å². The number of nitrogens with one attached hydrogen (secondary N) is 1. The largest absolute Gasteiger partial charge is 0.381 e. The SMILES string of the molecule is NC1(C(=O)NCC2(C3CC3)CC2)CCOCC1. The number of carbonyl (C=O) groups excluding carboxylic acids is 1. The molecule has 3 aliphatic rings. The Labute approximate surface area is 102 Å². The highest BCUT2D eigenvalue weighted by atomic mass is 16.5. The summed E-state index contributed by atoms with van der Waals surface area (Å²) in [6.45, 7) is 2.06. The number of amides is 1. The summed E-state index contributed by atoms with van der Waals surface area (Å²) in [7, 11) is 0. The van der Waals surface area contributed by atoms with Crippen LogP contribution in [-0.4, -0.2) is 31.2 Å². The molecule has 3 fully saturated rings. The van der Waals surface area contributed by atoms with Crippen LogP contribution in [0.4, 0.5) is 0 Å². The molecular weight excluding hydrogens is 216 g/mol. The van der Waals surface area contributed by atoms with Gasteiger partial charge in [0.2, 0.25) is 5.91 Å². The van der Waals surface area contributed by atoms with Gasteiger partial charge < -0.3 is 15.8 Å². The van der Waals surface area contributed by atoms with Crippen LogP contribution in [0.15, 0.2) is 0 Å². The minimum atomic E-state index is -0.683. The van der Waals surface area contributed by atoms with Gasteiger partial charge in [-0.05, 0) is 49.9 Å². The van der Waals surface area contributed by atoms with Crippen LogP contribution in [0.3, 0.4) is 0 Å². The molecule has 0 aromatic rings. The third-order valence-electron chi connectivity index (χ3n) is 4.77. The van der Waals surface area contributed by atoms with E-state index in [4.69, 9.17) is 10.5 Å². The normalized spacial score (nSPS) is 29.7. The molecule has 0 radical (unpaired) electrons. The number of rotatable bonds is 4. The van der Waals surface area contributed by atoms with E-state index in [-0.39, 0.29) is 5.91 Å². The monoisotopic (exact) mass is 238 g/mol. The predicted molar refractivity (Wildman–Crippen MR) is 64.4 cm³/mol. The van der Waals surface area contributed by atoms with E-state index < -0.39 is 5.54 Å². The minimum absolute atomic E-state index is 0.0349. The zero-order valence-corrected chi connectivity index (χ0v) is 10.3. The van der Waals surface area contributed by atoms with E-state index in [1.54, 1.807) is 0 Å². The second kappa shape index (κ2) is 3.95. The van der Waals surface area contributed by atoms with Gasteiger partial charge in [-0.1, -0.05) is 0 Å². The molecule has 3 N–H and O–H groups in total. The van der Waals surface area contributed by atoms with Gasteiger partial charge in [-0.3, -0.25) is 4.79 Å². The van der Waals surface area contributed by atoms with Crippen LogP contribution in [-0.2, 0) is 9.53 Å². The molecule has 0 spiro atoms. The molecular formula is C13H22N2O2. The van der Waals surface area contributed by atoms with Crippen LogP contribution in [0.2, 0.25) is 0 Å². The number of ether oxygens (including phenoxy) is 1. The van der Waals surface area contributed by atoms with Crippen molar-refractivity contribution in [1.82, 2.24) is 5.32 Å². The molecule has 17 heavy (non-hydrogen) atoms. The molecule has 1 saturated heterocycles. The van der Waals surface area contributed by atoms with E-state index in [1.165, 1.54) is 25.7 Å². The molecule has 0 unspecified atom stereocenters. The summed E-state index contributed by atoms with van der Waals surface area (Å²) in [5.74, 6) is 0.916. The topological polar surface area (TPSA) is 64.4 Å². The Balaban J connectivity index is 1.52. The van der Waals surface area contributed by atoms with Crippen LogP contribution in [0.25, 0.3) is 0 Å². The van der Waals surface area contributed by atoms with Crippen molar-refractivity contribution in [2.45, 2.75) is 44.1 Å². The van der Waals surface area contributed by atoms with E-state index >= 15 is 0 Å². The first-order valence-electron chi connectivity index (χ1n) is 6.80. The summed E-state index contributed by atoms with van der Waals surface area (Å²) >= 11 is 0. The van der Waals surface area contributed by atoms with Gasteiger partial charge in [-0.25, -0.2) is 0 Å². The molecule has 2 saturated carbocycles. The quantitative estimate of drug-likeness (QED) is 0.761. The summed E-state index contributed by atoms with van der Waals surface area (Å²) in [6, 6.07) is 0. The molecule has 0 aromatic heterocycles. The van der Waals surface area contributed by atoms with Crippen molar-refractivity contribution >= 4 is 5.91 Å². The number of hydrogen-bond donors (Lipinski definition) is 2. The van der Waals surface area contributed by atoms with Gasteiger partial charge in [0, 0.05) is 19.8 Å².